The quantitative estimate of drug-likeness (QED) is 0.890. The van der Waals surface area contributed by atoms with Gasteiger partial charge >= 0.3 is 5.97 Å². The molecule has 3 rings (SSSR count). The van der Waals surface area contributed by atoms with Gasteiger partial charge in [0.25, 0.3) is 5.91 Å². The lowest BCUT2D eigenvalue weighted by Gasteiger charge is -2.32. The summed E-state index contributed by atoms with van der Waals surface area (Å²) in [4.78, 5) is 27.0. The summed E-state index contributed by atoms with van der Waals surface area (Å²) >= 11 is 0. The van der Waals surface area contributed by atoms with Gasteiger partial charge in [0, 0.05) is 11.7 Å². The summed E-state index contributed by atoms with van der Waals surface area (Å²) in [6.07, 6.45) is 4.07. The number of benzene rings is 1. The molecule has 0 unspecified atom stereocenters. The molecule has 0 aliphatic heterocycles. The van der Waals surface area contributed by atoms with Crippen LogP contribution in [-0.4, -0.2) is 32.6 Å². The van der Waals surface area contributed by atoms with Crippen LogP contribution >= 0.6 is 0 Å². The second kappa shape index (κ2) is 5.40. The van der Waals surface area contributed by atoms with Crippen molar-refractivity contribution < 1.29 is 14.7 Å². The Labute approximate surface area is 121 Å². The number of aromatic nitrogens is 2. The number of hydrogen-bond donors (Lipinski definition) is 2. The minimum Gasteiger partial charge on any atom is -0.481 e. The Kier molecular flexibility index (Phi) is 3.43. The van der Waals surface area contributed by atoms with Crippen molar-refractivity contribution in [3.05, 3.63) is 48.5 Å². The summed E-state index contributed by atoms with van der Waals surface area (Å²) in [5.41, 5.74) is 1.30. The standard InChI is InChI=1S/C15H15N3O3/c19-14(17-11-6-10(7-11)15(20)21)13-8-16-9-18(13)12-4-2-1-3-5-12/h1-5,8-11H,6-7H2,(H,17,19)(H,20,21). The van der Waals surface area contributed by atoms with E-state index in [4.69, 9.17) is 5.11 Å². The van der Waals surface area contributed by atoms with Crippen LogP contribution in [0, 0.1) is 5.92 Å². The molecule has 0 radical (unpaired) electrons. The Morgan fingerprint density at radius 3 is 2.62 bits per heavy atom. The predicted octanol–water partition coefficient (Wildman–Crippen LogP) is 1.47. The number of carboxylic acids is 1. The van der Waals surface area contributed by atoms with E-state index < -0.39 is 5.97 Å². The number of nitrogens with one attached hydrogen (secondary N) is 1. The summed E-state index contributed by atoms with van der Waals surface area (Å²) < 4.78 is 1.71. The van der Waals surface area contributed by atoms with Crippen LogP contribution in [-0.2, 0) is 4.79 Å². The fourth-order valence-corrected chi connectivity index (χ4v) is 2.45. The van der Waals surface area contributed by atoms with Gasteiger partial charge in [0.1, 0.15) is 5.69 Å². The fourth-order valence-electron chi connectivity index (χ4n) is 2.45. The van der Waals surface area contributed by atoms with Gasteiger partial charge in [0.15, 0.2) is 0 Å². The Morgan fingerprint density at radius 2 is 1.95 bits per heavy atom. The number of para-hydroxylation sites is 1. The van der Waals surface area contributed by atoms with Crippen molar-refractivity contribution in [1.82, 2.24) is 14.9 Å². The molecule has 1 aliphatic rings. The maximum Gasteiger partial charge on any atom is 0.306 e. The van der Waals surface area contributed by atoms with Crippen molar-refractivity contribution in [3.8, 4) is 5.69 Å². The highest BCUT2D eigenvalue weighted by Crippen LogP contribution is 2.27. The van der Waals surface area contributed by atoms with Gasteiger partial charge in [-0.25, -0.2) is 4.98 Å². The fraction of sp³-hybridized carbons (Fsp3) is 0.267. The average Bonchev–Trinajstić information content (AvgIpc) is 2.92. The van der Waals surface area contributed by atoms with Crippen LogP contribution in [0.15, 0.2) is 42.9 Å². The normalized spacial score (nSPS) is 20.6. The molecule has 6 nitrogen and oxygen atoms in total. The Bertz CT molecular complexity index is 660. The molecule has 0 saturated heterocycles. The van der Waals surface area contributed by atoms with Crippen LogP contribution in [0.1, 0.15) is 23.3 Å². The third-order valence-electron chi connectivity index (χ3n) is 3.73. The minimum atomic E-state index is -0.796. The Balaban J connectivity index is 1.70. The number of amides is 1. The summed E-state index contributed by atoms with van der Waals surface area (Å²) in [5, 5.41) is 11.7. The number of carboxylic acid groups (broad SMARTS) is 1. The number of carbonyl (C=O) groups is 2. The van der Waals surface area contributed by atoms with Crippen molar-refractivity contribution in [2.24, 2.45) is 5.92 Å². The zero-order valence-electron chi connectivity index (χ0n) is 11.3. The molecule has 1 aromatic carbocycles. The first-order chi connectivity index (χ1) is 10.1. The minimum absolute atomic E-state index is 0.0716. The Hall–Kier alpha value is -2.63. The van der Waals surface area contributed by atoms with E-state index in [0.717, 1.165) is 5.69 Å². The average molecular weight is 285 g/mol. The van der Waals surface area contributed by atoms with Gasteiger partial charge in [0.2, 0.25) is 0 Å². The molecule has 2 aromatic rings. The number of carbonyl (C=O) groups excluding carboxylic acids is 1. The van der Waals surface area contributed by atoms with Crippen LogP contribution < -0.4 is 5.32 Å². The molecule has 1 aromatic heterocycles. The van der Waals surface area contributed by atoms with Crippen LogP contribution in [0.4, 0.5) is 0 Å². The molecule has 1 aliphatic carbocycles. The molecule has 1 heterocycles. The van der Waals surface area contributed by atoms with Crippen molar-refractivity contribution in [1.29, 1.82) is 0 Å². The number of aliphatic carboxylic acids is 1. The summed E-state index contributed by atoms with van der Waals surface area (Å²) in [5.74, 6) is -1.37. The highest BCUT2D eigenvalue weighted by Gasteiger charge is 2.35. The van der Waals surface area contributed by atoms with Crippen molar-refractivity contribution in [2.75, 3.05) is 0 Å². The van der Waals surface area contributed by atoms with Gasteiger partial charge < -0.3 is 10.4 Å². The molecular formula is C15H15N3O3. The molecule has 1 fully saturated rings. The second-order valence-electron chi connectivity index (χ2n) is 5.16. The molecule has 1 saturated carbocycles. The zero-order chi connectivity index (χ0) is 14.8. The van der Waals surface area contributed by atoms with Gasteiger partial charge in [-0.2, -0.15) is 0 Å². The summed E-state index contributed by atoms with van der Waals surface area (Å²) in [6, 6.07) is 9.39. The number of hydrogen-bond acceptors (Lipinski definition) is 3. The Morgan fingerprint density at radius 1 is 1.24 bits per heavy atom. The maximum atomic E-state index is 12.3. The maximum absolute atomic E-state index is 12.3. The van der Waals surface area contributed by atoms with E-state index in [-0.39, 0.29) is 17.9 Å². The highest BCUT2D eigenvalue weighted by atomic mass is 16.4. The monoisotopic (exact) mass is 285 g/mol. The van der Waals surface area contributed by atoms with Crippen molar-refractivity contribution in [3.63, 3.8) is 0 Å². The predicted molar refractivity (Wildman–Crippen MR) is 75.2 cm³/mol. The van der Waals surface area contributed by atoms with Crippen LogP contribution in [0.25, 0.3) is 5.69 Å². The lowest BCUT2D eigenvalue weighted by atomic mass is 9.80. The first kappa shape index (κ1) is 13.4. The first-order valence-electron chi connectivity index (χ1n) is 6.76. The molecule has 6 heteroatoms. The largest absolute Gasteiger partial charge is 0.481 e. The van der Waals surface area contributed by atoms with Crippen molar-refractivity contribution >= 4 is 11.9 Å². The van der Waals surface area contributed by atoms with Crippen LogP contribution in [0.3, 0.4) is 0 Å². The van der Waals surface area contributed by atoms with E-state index in [1.54, 1.807) is 10.9 Å². The molecule has 108 valence electrons. The number of nitrogens with zero attached hydrogens (tertiary/aromatic N) is 2. The van der Waals surface area contributed by atoms with E-state index in [1.165, 1.54) is 6.20 Å². The molecule has 1 amide bonds. The molecule has 2 N–H and O–H groups in total. The number of rotatable bonds is 4. The lowest BCUT2D eigenvalue weighted by Crippen LogP contribution is -2.47. The second-order valence-corrected chi connectivity index (χ2v) is 5.16. The first-order valence-corrected chi connectivity index (χ1v) is 6.76. The molecule has 0 atom stereocenters. The van der Waals surface area contributed by atoms with Gasteiger partial charge in [-0.15, -0.1) is 0 Å². The van der Waals surface area contributed by atoms with Gasteiger partial charge in [-0.05, 0) is 25.0 Å². The molecule has 0 spiro atoms. The van der Waals surface area contributed by atoms with E-state index in [1.807, 2.05) is 30.3 Å². The van der Waals surface area contributed by atoms with E-state index >= 15 is 0 Å². The molecule has 0 bridgehead atoms. The zero-order valence-corrected chi connectivity index (χ0v) is 11.3. The van der Waals surface area contributed by atoms with E-state index in [2.05, 4.69) is 10.3 Å². The molecule has 21 heavy (non-hydrogen) atoms. The number of imidazole rings is 1. The topological polar surface area (TPSA) is 84.2 Å². The van der Waals surface area contributed by atoms with Crippen LogP contribution in [0.5, 0.6) is 0 Å². The third kappa shape index (κ3) is 2.65. The summed E-state index contributed by atoms with van der Waals surface area (Å²) in [6.45, 7) is 0. The molecular weight excluding hydrogens is 270 g/mol. The van der Waals surface area contributed by atoms with Gasteiger partial charge in [0.05, 0.1) is 18.4 Å². The SMILES string of the molecule is O=C(NC1CC(C(=O)O)C1)c1cncn1-c1ccccc1. The van der Waals surface area contributed by atoms with Gasteiger partial charge in [-0.1, -0.05) is 18.2 Å². The lowest BCUT2D eigenvalue weighted by molar-refractivity contribution is -0.145. The van der Waals surface area contributed by atoms with E-state index in [9.17, 15) is 9.59 Å². The van der Waals surface area contributed by atoms with Crippen LogP contribution in [0.2, 0.25) is 0 Å². The van der Waals surface area contributed by atoms with Gasteiger partial charge in [-0.3, -0.25) is 14.2 Å². The smallest absolute Gasteiger partial charge is 0.306 e. The highest BCUT2D eigenvalue weighted by molar-refractivity contribution is 5.93. The third-order valence-corrected chi connectivity index (χ3v) is 3.73. The summed E-state index contributed by atoms with van der Waals surface area (Å²) in [7, 11) is 0. The van der Waals surface area contributed by atoms with Crippen molar-refractivity contribution in [2.45, 2.75) is 18.9 Å². The van der Waals surface area contributed by atoms with E-state index in [0.29, 0.717) is 18.5 Å².